The molecule has 0 aliphatic carbocycles. The Balaban J connectivity index is 1.89. The molecule has 0 aliphatic rings. The number of aryl methyl sites for hydroxylation is 2. The molecule has 0 N–H and O–H groups in total. The van der Waals surface area contributed by atoms with Crippen molar-refractivity contribution in [2.45, 2.75) is 40.6 Å². The Morgan fingerprint density at radius 3 is 1.63 bits per heavy atom. The summed E-state index contributed by atoms with van der Waals surface area (Å²) in [6.07, 6.45) is 1.94. The molecule has 3 aromatic rings. The second-order valence-electron chi connectivity index (χ2n) is 6.74. The van der Waals surface area contributed by atoms with Crippen molar-refractivity contribution < 1.29 is 9.53 Å². The summed E-state index contributed by atoms with van der Waals surface area (Å²) in [7, 11) is 1.40. The fourth-order valence-corrected chi connectivity index (χ4v) is 5.14. The first-order valence-electron chi connectivity index (χ1n) is 9.41. The number of aromatic nitrogens is 2. The summed E-state index contributed by atoms with van der Waals surface area (Å²) in [6, 6.07) is 16.8. The minimum atomic E-state index is -0.402. The van der Waals surface area contributed by atoms with Crippen LogP contribution in [0, 0.1) is 13.8 Å². The number of ether oxygens (including phenoxy) is 1. The third kappa shape index (κ3) is 6.03. The zero-order valence-electron chi connectivity index (χ0n) is 17.5. The Morgan fingerprint density at radius 2 is 1.27 bits per heavy atom. The monoisotopic (exact) mass is 456 g/mol. The van der Waals surface area contributed by atoms with Crippen molar-refractivity contribution in [3.8, 4) is 0 Å². The van der Waals surface area contributed by atoms with Crippen LogP contribution in [-0.4, -0.2) is 29.3 Å². The second kappa shape index (κ2) is 10.9. The van der Waals surface area contributed by atoms with Gasteiger partial charge in [0, 0.05) is 11.5 Å². The van der Waals surface area contributed by atoms with Gasteiger partial charge in [-0.15, -0.1) is 23.5 Å². The summed E-state index contributed by atoms with van der Waals surface area (Å²) in [5, 5.41) is 1.97. The summed E-state index contributed by atoms with van der Waals surface area (Å²) in [6.45, 7) is 4.14. The normalized spacial score (nSPS) is 10.8. The highest BCUT2D eigenvalue weighted by molar-refractivity contribution is 7.99. The largest absolute Gasteiger partial charge is 0.465 e. The van der Waals surface area contributed by atoms with E-state index in [1.165, 1.54) is 64.6 Å². The van der Waals surface area contributed by atoms with Crippen LogP contribution in [0.25, 0.3) is 0 Å². The first kappa shape index (κ1) is 22.7. The van der Waals surface area contributed by atoms with Gasteiger partial charge >= 0.3 is 5.97 Å². The van der Waals surface area contributed by atoms with E-state index >= 15 is 0 Å². The topological polar surface area (TPSA) is 52.1 Å². The molecule has 7 heteroatoms. The number of benzene rings is 2. The molecule has 0 saturated heterocycles. The number of nitrogens with zero attached hydrogens (tertiary/aromatic N) is 2. The maximum atomic E-state index is 12.6. The predicted octanol–water partition coefficient (Wildman–Crippen LogP) is 6.19. The van der Waals surface area contributed by atoms with Crippen molar-refractivity contribution in [2.24, 2.45) is 0 Å². The van der Waals surface area contributed by atoms with E-state index < -0.39 is 5.97 Å². The van der Waals surface area contributed by atoms with E-state index in [9.17, 15) is 4.79 Å². The number of hydrogen-bond donors (Lipinski definition) is 0. The van der Waals surface area contributed by atoms with Crippen molar-refractivity contribution in [1.29, 1.82) is 0 Å². The molecule has 1 aromatic heterocycles. The maximum absolute atomic E-state index is 12.6. The molecule has 0 unspecified atom stereocenters. The standard InChI is InChI=1S/C23H24N2O2S3/c1-15-5-9-17(10-6-15)13-29-20-19(22(26)27-3)21(25-23(24-20)28-4)30-14-18-11-7-16(2)8-12-18/h5-12H,13-14H2,1-4H3. The zero-order chi connectivity index (χ0) is 21.5. The van der Waals surface area contributed by atoms with E-state index in [1.807, 2.05) is 6.26 Å². The fourth-order valence-electron chi connectivity index (χ4n) is 2.65. The maximum Gasteiger partial charge on any atom is 0.343 e. The Hall–Kier alpha value is -1.96. The van der Waals surface area contributed by atoms with Gasteiger partial charge in [-0.3, -0.25) is 0 Å². The van der Waals surface area contributed by atoms with Gasteiger partial charge in [-0.25, -0.2) is 14.8 Å². The van der Waals surface area contributed by atoms with Crippen LogP contribution in [0.4, 0.5) is 0 Å². The van der Waals surface area contributed by atoms with E-state index in [0.717, 1.165) is 11.5 Å². The summed E-state index contributed by atoms with van der Waals surface area (Å²) in [5.41, 5.74) is 5.25. The van der Waals surface area contributed by atoms with Crippen LogP contribution in [-0.2, 0) is 16.2 Å². The van der Waals surface area contributed by atoms with Crippen molar-refractivity contribution in [1.82, 2.24) is 9.97 Å². The molecular formula is C23H24N2O2S3. The highest BCUT2D eigenvalue weighted by Crippen LogP contribution is 2.34. The van der Waals surface area contributed by atoms with Crippen LogP contribution >= 0.6 is 35.3 Å². The molecule has 3 rings (SSSR count). The van der Waals surface area contributed by atoms with E-state index in [4.69, 9.17) is 4.74 Å². The van der Waals surface area contributed by atoms with E-state index in [0.29, 0.717) is 20.8 Å². The predicted molar refractivity (Wildman–Crippen MR) is 127 cm³/mol. The smallest absolute Gasteiger partial charge is 0.343 e. The van der Waals surface area contributed by atoms with Crippen LogP contribution in [0.1, 0.15) is 32.6 Å². The lowest BCUT2D eigenvalue weighted by atomic mass is 10.2. The molecule has 0 spiro atoms. The van der Waals surface area contributed by atoms with Gasteiger partial charge < -0.3 is 4.74 Å². The molecule has 2 aromatic carbocycles. The molecule has 0 bridgehead atoms. The summed E-state index contributed by atoms with van der Waals surface area (Å²) >= 11 is 4.55. The van der Waals surface area contributed by atoms with Gasteiger partial charge in [0.2, 0.25) is 0 Å². The Kier molecular flexibility index (Phi) is 8.24. The van der Waals surface area contributed by atoms with Crippen LogP contribution in [0.2, 0.25) is 0 Å². The lowest BCUT2D eigenvalue weighted by molar-refractivity contribution is 0.0590. The Bertz CT molecular complexity index is 935. The molecule has 0 saturated carbocycles. The SMILES string of the molecule is COC(=O)c1c(SCc2ccc(C)cc2)nc(SC)nc1SCc1ccc(C)cc1. The molecule has 0 fully saturated rings. The minimum Gasteiger partial charge on any atom is -0.465 e. The number of methoxy groups -OCH3 is 1. The average Bonchev–Trinajstić information content (AvgIpc) is 2.77. The van der Waals surface area contributed by atoms with Gasteiger partial charge in [-0.2, -0.15) is 0 Å². The summed E-state index contributed by atoms with van der Waals surface area (Å²) < 4.78 is 5.07. The van der Waals surface area contributed by atoms with Gasteiger partial charge in [0.15, 0.2) is 5.16 Å². The Morgan fingerprint density at radius 1 is 0.833 bits per heavy atom. The number of carbonyl (C=O) groups excluding carboxylic acids is 1. The van der Waals surface area contributed by atoms with Gasteiger partial charge in [-0.05, 0) is 31.2 Å². The lowest BCUT2D eigenvalue weighted by Crippen LogP contribution is -2.10. The first-order chi connectivity index (χ1) is 14.5. The minimum absolute atomic E-state index is 0.402. The number of carbonyl (C=O) groups is 1. The summed E-state index contributed by atoms with van der Waals surface area (Å²) in [5.74, 6) is 1.04. The van der Waals surface area contributed by atoms with Gasteiger partial charge in [0.1, 0.15) is 15.6 Å². The molecular weight excluding hydrogens is 432 g/mol. The quantitative estimate of drug-likeness (QED) is 0.173. The van der Waals surface area contributed by atoms with E-state index in [-0.39, 0.29) is 0 Å². The zero-order valence-corrected chi connectivity index (χ0v) is 19.9. The van der Waals surface area contributed by atoms with E-state index in [2.05, 4.69) is 72.3 Å². The van der Waals surface area contributed by atoms with Gasteiger partial charge in [0.25, 0.3) is 0 Å². The number of hydrogen-bond acceptors (Lipinski definition) is 7. The fraction of sp³-hybridized carbons (Fsp3) is 0.261. The second-order valence-corrected chi connectivity index (χ2v) is 9.44. The molecule has 0 amide bonds. The first-order valence-corrected chi connectivity index (χ1v) is 12.6. The number of thioether (sulfide) groups is 3. The third-order valence-electron chi connectivity index (χ3n) is 4.39. The van der Waals surface area contributed by atoms with Gasteiger partial charge in [0.05, 0.1) is 7.11 Å². The van der Waals surface area contributed by atoms with E-state index in [1.54, 1.807) is 0 Å². The molecule has 30 heavy (non-hydrogen) atoms. The highest BCUT2D eigenvalue weighted by Gasteiger charge is 2.22. The average molecular weight is 457 g/mol. The van der Waals surface area contributed by atoms with Crippen LogP contribution < -0.4 is 0 Å². The number of rotatable bonds is 8. The van der Waals surface area contributed by atoms with Crippen LogP contribution in [0.5, 0.6) is 0 Å². The van der Waals surface area contributed by atoms with Gasteiger partial charge in [-0.1, -0.05) is 71.4 Å². The molecule has 0 radical (unpaired) electrons. The summed E-state index contributed by atoms with van der Waals surface area (Å²) in [4.78, 5) is 21.9. The van der Waals surface area contributed by atoms with Crippen LogP contribution in [0.3, 0.4) is 0 Å². The highest BCUT2D eigenvalue weighted by atomic mass is 32.2. The van der Waals surface area contributed by atoms with Crippen molar-refractivity contribution in [2.75, 3.05) is 13.4 Å². The van der Waals surface area contributed by atoms with Crippen LogP contribution in [0.15, 0.2) is 63.7 Å². The lowest BCUT2D eigenvalue weighted by Gasteiger charge is -2.13. The van der Waals surface area contributed by atoms with Crippen molar-refractivity contribution in [3.05, 3.63) is 76.3 Å². The van der Waals surface area contributed by atoms with Crippen molar-refractivity contribution >= 4 is 41.3 Å². The molecule has 0 aliphatic heterocycles. The Labute approximate surface area is 190 Å². The molecule has 4 nitrogen and oxygen atoms in total. The third-order valence-corrected chi connectivity index (χ3v) is 7.03. The van der Waals surface area contributed by atoms with Crippen molar-refractivity contribution in [3.63, 3.8) is 0 Å². The molecule has 0 atom stereocenters. The molecule has 1 heterocycles. The molecule has 156 valence electrons. The number of esters is 1.